The molecule has 18 heavy (non-hydrogen) atoms. The van der Waals surface area contributed by atoms with E-state index in [0.29, 0.717) is 16.8 Å². The van der Waals surface area contributed by atoms with Crippen LogP contribution in [0.1, 0.15) is 0 Å². The maximum absolute atomic E-state index is 13.3. The van der Waals surface area contributed by atoms with E-state index < -0.39 is 17.7 Å². The number of hydrogen-bond donors (Lipinski definition) is 3. The van der Waals surface area contributed by atoms with Gasteiger partial charge in [0.25, 0.3) is 0 Å². The van der Waals surface area contributed by atoms with Crippen molar-refractivity contribution in [3.8, 4) is 16.9 Å². The number of aromatic hydroxyl groups is 1. The summed E-state index contributed by atoms with van der Waals surface area (Å²) in [5.41, 5.74) is 1.38. The summed E-state index contributed by atoms with van der Waals surface area (Å²) in [5, 5.41) is 20.1. The van der Waals surface area contributed by atoms with E-state index in [-0.39, 0.29) is 0 Å². The Kier molecular flexibility index (Phi) is 3.14. The maximum atomic E-state index is 13.3. The van der Waals surface area contributed by atoms with Gasteiger partial charge >= 0.3 is 6.09 Å². The highest BCUT2D eigenvalue weighted by Crippen LogP contribution is 2.30. The lowest BCUT2D eigenvalue weighted by Gasteiger charge is -2.09. The van der Waals surface area contributed by atoms with Crippen LogP contribution in [0.25, 0.3) is 11.1 Å². The topological polar surface area (TPSA) is 69.6 Å². The van der Waals surface area contributed by atoms with Crippen LogP contribution in [0.15, 0.2) is 42.5 Å². The Bertz CT molecular complexity index is 599. The van der Waals surface area contributed by atoms with Crippen LogP contribution in [0.3, 0.4) is 0 Å². The van der Waals surface area contributed by atoms with Crippen LogP contribution in [-0.4, -0.2) is 16.3 Å². The SMILES string of the molecule is O=C(O)Nc1ccccc1-c1ccc(O)c(F)c1. The summed E-state index contributed by atoms with van der Waals surface area (Å²) in [5.74, 6) is -1.19. The molecule has 0 radical (unpaired) electrons. The summed E-state index contributed by atoms with van der Waals surface area (Å²) in [7, 11) is 0. The van der Waals surface area contributed by atoms with Gasteiger partial charge in [-0.3, -0.25) is 5.32 Å². The van der Waals surface area contributed by atoms with Gasteiger partial charge in [0.05, 0.1) is 5.69 Å². The Morgan fingerprint density at radius 1 is 1.17 bits per heavy atom. The standard InChI is InChI=1S/C13H10FNO3/c14-10-7-8(5-6-12(10)16)9-3-1-2-4-11(9)15-13(17)18/h1-7,15-16H,(H,17,18). The van der Waals surface area contributed by atoms with Crippen LogP contribution in [-0.2, 0) is 0 Å². The van der Waals surface area contributed by atoms with Gasteiger partial charge in [-0.05, 0) is 23.8 Å². The second-order valence-electron chi connectivity index (χ2n) is 3.64. The van der Waals surface area contributed by atoms with E-state index in [1.807, 2.05) is 0 Å². The Balaban J connectivity index is 2.49. The van der Waals surface area contributed by atoms with Crippen molar-refractivity contribution in [3.05, 3.63) is 48.3 Å². The number of anilines is 1. The molecule has 2 aromatic carbocycles. The summed E-state index contributed by atoms with van der Waals surface area (Å²) < 4.78 is 13.3. The molecular weight excluding hydrogens is 237 g/mol. The molecule has 0 atom stereocenters. The Morgan fingerprint density at radius 3 is 2.56 bits per heavy atom. The molecule has 0 aliphatic heterocycles. The first-order valence-electron chi connectivity index (χ1n) is 5.16. The first-order valence-corrected chi connectivity index (χ1v) is 5.16. The highest BCUT2D eigenvalue weighted by Gasteiger charge is 2.09. The Labute approximate surface area is 102 Å². The Morgan fingerprint density at radius 2 is 1.89 bits per heavy atom. The van der Waals surface area contributed by atoms with Crippen LogP contribution in [0.4, 0.5) is 14.9 Å². The zero-order valence-electron chi connectivity index (χ0n) is 9.22. The molecule has 0 unspecified atom stereocenters. The maximum Gasteiger partial charge on any atom is 0.409 e. The third-order valence-corrected chi connectivity index (χ3v) is 2.43. The second-order valence-corrected chi connectivity index (χ2v) is 3.64. The van der Waals surface area contributed by atoms with Crippen molar-refractivity contribution in [3.63, 3.8) is 0 Å². The van der Waals surface area contributed by atoms with Crippen LogP contribution >= 0.6 is 0 Å². The fourth-order valence-corrected chi connectivity index (χ4v) is 1.63. The van der Waals surface area contributed by atoms with E-state index in [1.54, 1.807) is 24.3 Å². The molecule has 0 aromatic heterocycles. The molecule has 0 saturated carbocycles. The quantitative estimate of drug-likeness (QED) is 0.762. The minimum Gasteiger partial charge on any atom is -0.505 e. The number of rotatable bonds is 2. The molecular formula is C13H10FNO3. The molecule has 0 heterocycles. The van der Waals surface area contributed by atoms with Crippen molar-refractivity contribution in [2.45, 2.75) is 0 Å². The molecule has 0 saturated heterocycles. The lowest BCUT2D eigenvalue weighted by Crippen LogP contribution is -2.08. The summed E-state index contributed by atoms with van der Waals surface area (Å²) >= 11 is 0. The lowest BCUT2D eigenvalue weighted by molar-refractivity contribution is 0.210. The van der Waals surface area contributed by atoms with E-state index in [0.717, 1.165) is 6.07 Å². The van der Waals surface area contributed by atoms with Crippen molar-refractivity contribution >= 4 is 11.8 Å². The van der Waals surface area contributed by atoms with Gasteiger partial charge < -0.3 is 10.2 Å². The predicted molar refractivity (Wildman–Crippen MR) is 65.1 cm³/mol. The van der Waals surface area contributed by atoms with Crippen molar-refractivity contribution in [2.24, 2.45) is 0 Å². The van der Waals surface area contributed by atoms with Crippen molar-refractivity contribution < 1.29 is 19.4 Å². The molecule has 1 amide bonds. The lowest BCUT2D eigenvalue weighted by atomic mass is 10.0. The van der Waals surface area contributed by atoms with Gasteiger partial charge in [0.2, 0.25) is 0 Å². The minimum absolute atomic E-state index is 0.357. The minimum atomic E-state index is -1.19. The molecule has 0 aliphatic rings. The second kappa shape index (κ2) is 4.75. The highest BCUT2D eigenvalue weighted by atomic mass is 19.1. The molecule has 0 spiro atoms. The summed E-state index contributed by atoms with van der Waals surface area (Å²) in [6.45, 7) is 0. The number of phenols is 1. The number of hydrogen-bond acceptors (Lipinski definition) is 2. The zero-order chi connectivity index (χ0) is 13.1. The number of para-hydroxylation sites is 1. The van der Waals surface area contributed by atoms with Crippen molar-refractivity contribution in [1.82, 2.24) is 0 Å². The molecule has 0 bridgehead atoms. The largest absolute Gasteiger partial charge is 0.505 e. The van der Waals surface area contributed by atoms with Gasteiger partial charge in [-0.25, -0.2) is 9.18 Å². The predicted octanol–water partition coefficient (Wildman–Crippen LogP) is 3.29. The first-order chi connectivity index (χ1) is 8.58. The molecule has 3 N–H and O–H groups in total. The summed E-state index contributed by atoms with van der Waals surface area (Å²) in [6, 6.07) is 10.5. The third-order valence-electron chi connectivity index (χ3n) is 2.43. The Hall–Kier alpha value is -2.56. The average Bonchev–Trinajstić information content (AvgIpc) is 2.33. The smallest absolute Gasteiger partial charge is 0.409 e. The van der Waals surface area contributed by atoms with Gasteiger partial charge in [-0.1, -0.05) is 24.3 Å². The zero-order valence-corrected chi connectivity index (χ0v) is 9.22. The van der Waals surface area contributed by atoms with Gasteiger partial charge in [0, 0.05) is 5.56 Å². The molecule has 2 aromatic rings. The van der Waals surface area contributed by atoms with E-state index >= 15 is 0 Å². The number of nitrogens with one attached hydrogen (secondary N) is 1. The van der Waals surface area contributed by atoms with E-state index in [9.17, 15) is 9.18 Å². The number of halogens is 1. The third kappa shape index (κ3) is 2.40. The van der Waals surface area contributed by atoms with Crippen LogP contribution in [0.2, 0.25) is 0 Å². The molecule has 5 heteroatoms. The van der Waals surface area contributed by atoms with Crippen molar-refractivity contribution in [2.75, 3.05) is 5.32 Å². The number of carboxylic acid groups (broad SMARTS) is 1. The van der Waals surface area contributed by atoms with E-state index in [4.69, 9.17) is 10.2 Å². The summed E-state index contributed by atoms with van der Waals surface area (Å²) in [6.07, 6.45) is -1.19. The highest BCUT2D eigenvalue weighted by molar-refractivity contribution is 5.90. The normalized spacial score (nSPS) is 10.1. The van der Waals surface area contributed by atoms with Gasteiger partial charge in [-0.15, -0.1) is 0 Å². The van der Waals surface area contributed by atoms with Gasteiger partial charge in [0.1, 0.15) is 0 Å². The van der Waals surface area contributed by atoms with Crippen LogP contribution in [0.5, 0.6) is 5.75 Å². The number of carbonyl (C=O) groups is 1. The van der Waals surface area contributed by atoms with Gasteiger partial charge in [-0.2, -0.15) is 0 Å². The van der Waals surface area contributed by atoms with E-state index in [2.05, 4.69) is 5.32 Å². The monoisotopic (exact) mass is 247 g/mol. The van der Waals surface area contributed by atoms with Gasteiger partial charge in [0.15, 0.2) is 11.6 Å². The fraction of sp³-hybridized carbons (Fsp3) is 0. The fourth-order valence-electron chi connectivity index (χ4n) is 1.63. The molecule has 0 fully saturated rings. The van der Waals surface area contributed by atoms with E-state index in [1.165, 1.54) is 12.1 Å². The average molecular weight is 247 g/mol. The summed E-state index contributed by atoms with van der Waals surface area (Å²) in [4.78, 5) is 10.6. The number of amides is 1. The van der Waals surface area contributed by atoms with Crippen LogP contribution in [0, 0.1) is 5.82 Å². The number of benzene rings is 2. The first kappa shape index (κ1) is 11.9. The van der Waals surface area contributed by atoms with Crippen molar-refractivity contribution in [1.29, 1.82) is 0 Å². The molecule has 2 rings (SSSR count). The molecule has 0 aliphatic carbocycles. The molecule has 4 nitrogen and oxygen atoms in total. The number of phenolic OH excluding ortho intramolecular Hbond substituents is 1. The molecule has 92 valence electrons. The van der Waals surface area contributed by atoms with Crippen LogP contribution < -0.4 is 5.32 Å².